The predicted octanol–water partition coefficient (Wildman–Crippen LogP) is 3.55. The third kappa shape index (κ3) is 4.22. The van der Waals surface area contributed by atoms with E-state index in [1.807, 2.05) is 13.0 Å². The van der Waals surface area contributed by atoms with Gasteiger partial charge in [0.2, 0.25) is 0 Å². The Hall–Kier alpha value is -1.06. The van der Waals surface area contributed by atoms with Crippen molar-refractivity contribution in [1.29, 1.82) is 0 Å². The topological polar surface area (TPSA) is 30.5 Å². The highest BCUT2D eigenvalue weighted by Crippen LogP contribution is 2.32. The summed E-state index contributed by atoms with van der Waals surface area (Å²) in [6.45, 7) is 7.81. The van der Waals surface area contributed by atoms with Crippen molar-refractivity contribution in [3.8, 4) is 5.75 Å². The molecule has 2 rings (SSSR count). The summed E-state index contributed by atoms with van der Waals surface area (Å²) in [5.74, 6) is 1.68. The van der Waals surface area contributed by atoms with Crippen molar-refractivity contribution in [3.05, 3.63) is 29.8 Å². The number of para-hydroxylation sites is 1. The lowest BCUT2D eigenvalue weighted by atomic mass is 9.93. The number of benzene rings is 1. The summed E-state index contributed by atoms with van der Waals surface area (Å²) in [5.41, 5.74) is 1.29. The minimum Gasteiger partial charge on any atom is -0.494 e. The van der Waals surface area contributed by atoms with Crippen LogP contribution in [-0.4, -0.2) is 26.4 Å². The quantitative estimate of drug-likeness (QED) is 0.788. The van der Waals surface area contributed by atoms with Crippen LogP contribution in [0.5, 0.6) is 5.75 Å². The predicted molar refractivity (Wildman–Crippen MR) is 82.2 cm³/mol. The molecule has 1 aliphatic heterocycles. The minimum absolute atomic E-state index is 0.365. The lowest BCUT2D eigenvalue weighted by Crippen LogP contribution is -2.25. The monoisotopic (exact) mass is 277 g/mol. The summed E-state index contributed by atoms with van der Waals surface area (Å²) in [6, 6.07) is 8.77. The lowest BCUT2D eigenvalue weighted by Gasteiger charge is -2.24. The fourth-order valence-corrected chi connectivity index (χ4v) is 2.80. The molecule has 1 fully saturated rings. The smallest absolute Gasteiger partial charge is 0.124 e. The lowest BCUT2D eigenvalue weighted by molar-refractivity contribution is 0.181. The highest BCUT2D eigenvalue weighted by atomic mass is 16.5. The molecule has 1 aliphatic rings. The molecule has 3 nitrogen and oxygen atoms in total. The first-order chi connectivity index (χ1) is 9.85. The zero-order valence-electron chi connectivity index (χ0n) is 12.7. The second-order valence-electron chi connectivity index (χ2n) is 5.44. The number of ether oxygens (including phenoxy) is 2. The zero-order chi connectivity index (χ0) is 14.2. The van der Waals surface area contributed by atoms with E-state index in [1.54, 1.807) is 0 Å². The van der Waals surface area contributed by atoms with E-state index in [0.29, 0.717) is 18.6 Å². The largest absolute Gasteiger partial charge is 0.494 e. The molecule has 3 heteroatoms. The van der Waals surface area contributed by atoms with Gasteiger partial charge in [0, 0.05) is 24.8 Å². The molecule has 2 atom stereocenters. The first-order valence-corrected chi connectivity index (χ1v) is 7.88. The molecular formula is C17H27NO2. The Bertz CT molecular complexity index is 388. The number of hydrogen-bond acceptors (Lipinski definition) is 3. The second-order valence-corrected chi connectivity index (χ2v) is 5.44. The van der Waals surface area contributed by atoms with Crippen LogP contribution < -0.4 is 10.1 Å². The molecule has 1 N–H and O–H groups in total. The zero-order valence-corrected chi connectivity index (χ0v) is 12.7. The summed E-state index contributed by atoms with van der Waals surface area (Å²) in [7, 11) is 0. The van der Waals surface area contributed by atoms with Crippen molar-refractivity contribution < 1.29 is 9.47 Å². The van der Waals surface area contributed by atoms with Crippen molar-refractivity contribution in [2.75, 3.05) is 26.4 Å². The molecule has 0 spiro atoms. The van der Waals surface area contributed by atoms with E-state index in [-0.39, 0.29) is 0 Å². The third-order valence-corrected chi connectivity index (χ3v) is 3.83. The summed E-state index contributed by atoms with van der Waals surface area (Å²) >= 11 is 0. The van der Waals surface area contributed by atoms with Crippen LogP contribution in [0.1, 0.15) is 44.7 Å². The molecule has 1 saturated heterocycles. The molecule has 0 aromatic heterocycles. The number of rotatable bonds is 8. The van der Waals surface area contributed by atoms with Crippen LogP contribution in [0.25, 0.3) is 0 Å². The van der Waals surface area contributed by atoms with Crippen LogP contribution in [0.3, 0.4) is 0 Å². The number of hydrogen-bond donors (Lipinski definition) is 1. The average molecular weight is 277 g/mol. The fraction of sp³-hybridized carbons (Fsp3) is 0.647. The van der Waals surface area contributed by atoms with Gasteiger partial charge in [0.1, 0.15) is 5.75 Å². The van der Waals surface area contributed by atoms with Crippen LogP contribution in [0.15, 0.2) is 24.3 Å². The van der Waals surface area contributed by atoms with Crippen LogP contribution in [0.4, 0.5) is 0 Å². The van der Waals surface area contributed by atoms with E-state index in [9.17, 15) is 0 Å². The minimum atomic E-state index is 0.365. The van der Waals surface area contributed by atoms with E-state index < -0.39 is 0 Å². The van der Waals surface area contributed by atoms with Crippen molar-refractivity contribution in [1.82, 2.24) is 5.32 Å². The van der Waals surface area contributed by atoms with Crippen LogP contribution >= 0.6 is 0 Å². The van der Waals surface area contributed by atoms with Gasteiger partial charge in [-0.25, -0.2) is 0 Å². The Morgan fingerprint density at radius 3 is 2.90 bits per heavy atom. The first kappa shape index (κ1) is 15.3. The van der Waals surface area contributed by atoms with Gasteiger partial charge in [0.05, 0.1) is 6.61 Å². The summed E-state index contributed by atoms with van der Waals surface area (Å²) in [4.78, 5) is 0. The Balaban J connectivity index is 2.11. The summed E-state index contributed by atoms with van der Waals surface area (Å²) < 4.78 is 11.3. The molecule has 0 bridgehead atoms. The highest BCUT2D eigenvalue weighted by Gasteiger charge is 2.23. The Morgan fingerprint density at radius 2 is 2.20 bits per heavy atom. The number of nitrogens with one attached hydrogen (secondary N) is 1. The average Bonchev–Trinajstić information content (AvgIpc) is 2.97. The molecule has 112 valence electrons. The second kappa shape index (κ2) is 8.28. The molecule has 0 radical (unpaired) electrons. The van der Waals surface area contributed by atoms with E-state index >= 15 is 0 Å². The van der Waals surface area contributed by atoms with E-state index in [2.05, 4.69) is 30.4 Å². The van der Waals surface area contributed by atoms with Crippen molar-refractivity contribution in [3.63, 3.8) is 0 Å². The standard InChI is InChI=1S/C17H27NO2/c1-3-10-18-16(12-14-9-11-19-13-14)15-7-5-6-8-17(15)20-4-2/h5-8,14,16,18H,3-4,9-13H2,1-2H3. The van der Waals surface area contributed by atoms with Gasteiger partial charge in [0.15, 0.2) is 0 Å². The van der Waals surface area contributed by atoms with Crippen LogP contribution in [0.2, 0.25) is 0 Å². The molecule has 0 saturated carbocycles. The van der Waals surface area contributed by atoms with Crippen LogP contribution in [0, 0.1) is 5.92 Å². The molecule has 0 aliphatic carbocycles. The highest BCUT2D eigenvalue weighted by molar-refractivity contribution is 5.36. The Kier molecular flexibility index (Phi) is 6.34. The normalized spacial score (nSPS) is 20.0. The molecule has 2 unspecified atom stereocenters. The van der Waals surface area contributed by atoms with Gasteiger partial charge in [-0.2, -0.15) is 0 Å². The summed E-state index contributed by atoms with van der Waals surface area (Å²) in [5, 5.41) is 3.68. The van der Waals surface area contributed by atoms with Gasteiger partial charge in [-0.3, -0.25) is 0 Å². The van der Waals surface area contributed by atoms with Gasteiger partial charge in [-0.1, -0.05) is 25.1 Å². The van der Waals surface area contributed by atoms with Crippen LogP contribution in [-0.2, 0) is 4.74 Å². The molecular weight excluding hydrogens is 250 g/mol. The molecule has 1 heterocycles. The molecule has 1 aromatic rings. The van der Waals surface area contributed by atoms with Gasteiger partial charge in [-0.15, -0.1) is 0 Å². The molecule has 1 aromatic carbocycles. The molecule has 0 amide bonds. The fourth-order valence-electron chi connectivity index (χ4n) is 2.80. The van der Waals surface area contributed by atoms with E-state index in [0.717, 1.165) is 38.3 Å². The van der Waals surface area contributed by atoms with E-state index in [4.69, 9.17) is 9.47 Å². The maximum atomic E-state index is 5.79. The maximum absolute atomic E-state index is 5.79. The maximum Gasteiger partial charge on any atom is 0.124 e. The van der Waals surface area contributed by atoms with Crippen molar-refractivity contribution in [2.45, 2.75) is 39.2 Å². The Labute approximate surface area is 122 Å². The SMILES string of the molecule is CCCNC(CC1CCOC1)c1ccccc1OCC. The van der Waals surface area contributed by atoms with Gasteiger partial charge in [0.25, 0.3) is 0 Å². The third-order valence-electron chi connectivity index (χ3n) is 3.83. The molecule has 20 heavy (non-hydrogen) atoms. The van der Waals surface area contributed by atoms with Gasteiger partial charge >= 0.3 is 0 Å². The van der Waals surface area contributed by atoms with Crippen molar-refractivity contribution >= 4 is 0 Å². The first-order valence-electron chi connectivity index (χ1n) is 7.88. The van der Waals surface area contributed by atoms with E-state index in [1.165, 1.54) is 12.0 Å². The van der Waals surface area contributed by atoms with Gasteiger partial charge < -0.3 is 14.8 Å². The van der Waals surface area contributed by atoms with Crippen molar-refractivity contribution in [2.24, 2.45) is 5.92 Å². The summed E-state index contributed by atoms with van der Waals surface area (Å²) in [6.07, 6.45) is 3.46. The Morgan fingerprint density at radius 1 is 1.35 bits per heavy atom. The van der Waals surface area contributed by atoms with Gasteiger partial charge in [-0.05, 0) is 44.7 Å².